The van der Waals surface area contributed by atoms with Crippen LogP contribution in [0.4, 0.5) is 10.1 Å². The van der Waals surface area contributed by atoms with E-state index in [2.05, 4.69) is 5.32 Å². The monoisotopic (exact) mass is 320 g/mol. The van der Waals surface area contributed by atoms with Crippen LogP contribution >= 0.6 is 0 Å². The van der Waals surface area contributed by atoms with Crippen LogP contribution in [0.15, 0.2) is 18.2 Å². The molecule has 1 saturated carbocycles. The normalized spacial score (nSPS) is 21.6. The Morgan fingerprint density at radius 1 is 1.17 bits per heavy atom. The standard InChI is InChI=1S/C17H21FN2O3/c18-13-10-12(21)7-8-14(13)19-16(22)15-6-3-9-20(15)17(23)11-4-1-2-5-11/h7-8,10-11,15,21H,1-6,9H2,(H,19,22)/t15-/m0/s1. The number of phenolic OH excluding ortho intramolecular Hbond substituents is 1. The second-order valence-corrected chi connectivity index (χ2v) is 6.32. The van der Waals surface area contributed by atoms with Crippen LogP contribution in [-0.4, -0.2) is 34.4 Å². The lowest BCUT2D eigenvalue weighted by molar-refractivity contribution is -0.140. The molecule has 2 aliphatic rings. The van der Waals surface area contributed by atoms with E-state index < -0.39 is 11.9 Å². The number of hydrogen-bond donors (Lipinski definition) is 2. The Hall–Kier alpha value is -2.11. The van der Waals surface area contributed by atoms with Crippen molar-refractivity contribution in [3.63, 3.8) is 0 Å². The van der Waals surface area contributed by atoms with E-state index in [1.54, 1.807) is 4.90 Å². The molecule has 2 amide bonds. The van der Waals surface area contributed by atoms with Crippen molar-refractivity contribution < 1.29 is 19.1 Å². The van der Waals surface area contributed by atoms with Crippen LogP contribution in [0.5, 0.6) is 5.75 Å². The van der Waals surface area contributed by atoms with Crippen LogP contribution in [0.3, 0.4) is 0 Å². The fourth-order valence-electron chi connectivity index (χ4n) is 3.53. The Morgan fingerprint density at radius 3 is 2.61 bits per heavy atom. The van der Waals surface area contributed by atoms with E-state index in [4.69, 9.17) is 0 Å². The molecule has 5 nitrogen and oxygen atoms in total. The molecule has 1 atom stereocenters. The van der Waals surface area contributed by atoms with E-state index in [-0.39, 0.29) is 29.2 Å². The Bertz CT molecular complexity index is 614. The lowest BCUT2D eigenvalue weighted by Crippen LogP contribution is -2.45. The van der Waals surface area contributed by atoms with Gasteiger partial charge in [-0.2, -0.15) is 0 Å². The van der Waals surface area contributed by atoms with Gasteiger partial charge in [0.25, 0.3) is 0 Å². The number of carbonyl (C=O) groups is 2. The number of halogens is 1. The molecule has 1 aliphatic carbocycles. The zero-order valence-electron chi connectivity index (χ0n) is 12.9. The van der Waals surface area contributed by atoms with Gasteiger partial charge in [-0.1, -0.05) is 12.8 Å². The number of likely N-dealkylation sites (tertiary alicyclic amines) is 1. The molecule has 2 fully saturated rings. The quantitative estimate of drug-likeness (QED) is 0.841. The van der Waals surface area contributed by atoms with Gasteiger partial charge in [0.05, 0.1) is 5.69 Å². The van der Waals surface area contributed by atoms with Crippen molar-refractivity contribution in [2.24, 2.45) is 5.92 Å². The zero-order chi connectivity index (χ0) is 16.4. The van der Waals surface area contributed by atoms with Gasteiger partial charge in [0.2, 0.25) is 11.8 Å². The molecular formula is C17H21FN2O3. The average Bonchev–Trinajstić information content (AvgIpc) is 3.20. The van der Waals surface area contributed by atoms with Gasteiger partial charge in [-0.15, -0.1) is 0 Å². The summed E-state index contributed by atoms with van der Waals surface area (Å²) in [6, 6.07) is 3.05. The molecule has 124 valence electrons. The highest BCUT2D eigenvalue weighted by atomic mass is 19.1. The van der Waals surface area contributed by atoms with Gasteiger partial charge in [-0.25, -0.2) is 4.39 Å². The van der Waals surface area contributed by atoms with Crippen LogP contribution in [-0.2, 0) is 9.59 Å². The summed E-state index contributed by atoms with van der Waals surface area (Å²) < 4.78 is 13.7. The summed E-state index contributed by atoms with van der Waals surface area (Å²) in [7, 11) is 0. The fraction of sp³-hybridized carbons (Fsp3) is 0.529. The molecule has 1 saturated heterocycles. The summed E-state index contributed by atoms with van der Waals surface area (Å²) in [4.78, 5) is 26.7. The van der Waals surface area contributed by atoms with Crippen molar-refractivity contribution in [2.45, 2.75) is 44.6 Å². The zero-order valence-corrected chi connectivity index (χ0v) is 12.9. The second-order valence-electron chi connectivity index (χ2n) is 6.32. The van der Waals surface area contributed by atoms with Gasteiger partial charge in [-0.05, 0) is 37.8 Å². The van der Waals surface area contributed by atoms with E-state index >= 15 is 0 Å². The lowest BCUT2D eigenvalue weighted by Gasteiger charge is -2.26. The fourth-order valence-corrected chi connectivity index (χ4v) is 3.53. The molecule has 6 heteroatoms. The van der Waals surface area contributed by atoms with Crippen LogP contribution in [0.2, 0.25) is 0 Å². The maximum absolute atomic E-state index is 13.7. The Morgan fingerprint density at radius 2 is 1.91 bits per heavy atom. The number of amides is 2. The number of rotatable bonds is 3. The predicted octanol–water partition coefficient (Wildman–Crippen LogP) is 2.65. The number of benzene rings is 1. The number of aromatic hydroxyl groups is 1. The van der Waals surface area contributed by atoms with Gasteiger partial charge in [0.1, 0.15) is 17.6 Å². The molecule has 1 aliphatic heterocycles. The molecule has 0 unspecified atom stereocenters. The van der Waals surface area contributed by atoms with Gasteiger partial charge in [-0.3, -0.25) is 9.59 Å². The maximum Gasteiger partial charge on any atom is 0.247 e. The molecule has 1 aromatic rings. The number of hydrogen-bond acceptors (Lipinski definition) is 3. The van der Waals surface area contributed by atoms with Crippen LogP contribution in [0.1, 0.15) is 38.5 Å². The summed E-state index contributed by atoms with van der Waals surface area (Å²) in [5.41, 5.74) is 0.0213. The van der Waals surface area contributed by atoms with Crippen molar-refractivity contribution in [2.75, 3.05) is 11.9 Å². The average molecular weight is 320 g/mol. The summed E-state index contributed by atoms with van der Waals surface area (Å²) in [5, 5.41) is 11.7. The summed E-state index contributed by atoms with van der Waals surface area (Å²) in [6.07, 6.45) is 5.32. The molecule has 23 heavy (non-hydrogen) atoms. The summed E-state index contributed by atoms with van der Waals surface area (Å²) in [5.74, 6) is -1.15. The highest BCUT2D eigenvalue weighted by Crippen LogP contribution is 2.30. The van der Waals surface area contributed by atoms with Gasteiger partial charge in [0.15, 0.2) is 0 Å². The van der Waals surface area contributed by atoms with Crippen LogP contribution < -0.4 is 5.32 Å². The number of phenols is 1. The maximum atomic E-state index is 13.7. The van der Waals surface area contributed by atoms with E-state index in [1.165, 1.54) is 12.1 Å². The third-order valence-corrected chi connectivity index (χ3v) is 4.75. The van der Waals surface area contributed by atoms with Gasteiger partial charge < -0.3 is 15.3 Å². The third-order valence-electron chi connectivity index (χ3n) is 4.75. The van der Waals surface area contributed by atoms with Crippen molar-refractivity contribution in [3.05, 3.63) is 24.0 Å². The summed E-state index contributed by atoms with van der Waals surface area (Å²) >= 11 is 0. The van der Waals surface area contributed by atoms with Crippen LogP contribution in [0, 0.1) is 11.7 Å². The van der Waals surface area contributed by atoms with E-state index in [1.807, 2.05) is 0 Å². The molecule has 0 bridgehead atoms. The summed E-state index contributed by atoms with van der Waals surface area (Å²) in [6.45, 7) is 0.589. The molecular weight excluding hydrogens is 299 g/mol. The number of nitrogens with zero attached hydrogens (tertiary/aromatic N) is 1. The molecule has 0 radical (unpaired) electrons. The van der Waals surface area contributed by atoms with Crippen molar-refractivity contribution >= 4 is 17.5 Å². The van der Waals surface area contributed by atoms with Gasteiger partial charge in [0, 0.05) is 18.5 Å². The first-order chi connectivity index (χ1) is 11.1. The Balaban J connectivity index is 1.69. The first-order valence-electron chi connectivity index (χ1n) is 8.16. The second kappa shape index (κ2) is 6.56. The molecule has 0 aromatic heterocycles. The number of carbonyl (C=O) groups excluding carboxylic acids is 2. The van der Waals surface area contributed by atoms with Crippen molar-refractivity contribution in [1.82, 2.24) is 4.90 Å². The van der Waals surface area contributed by atoms with Gasteiger partial charge >= 0.3 is 0 Å². The third kappa shape index (κ3) is 3.30. The first-order valence-corrected chi connectivity index (χ1v) is 8.16. The highest BCUT2D eigenvalue weighted by molar-refractivity contribution is 5.98. The topological polar surface area (TPSA) is 69.6 Å². The number of anilines is 1. The van der Waals surface area contributed by atoms with Crippen molar-refractivity contribution in [1.29, 1.82) is 0 Å². The van der Waals surface area contributed by atoms with E-state index in [0.717, 1.165) is 38.2 Å². The lowest BCUT2D eigenvalue weighted by atomic mass is 10.1. The van der Waals surface area contributed by atoms with Crippen molar-refractivity contribution in [3.8, 4) is 5.75 Å². The SMILES string of the molecule is O=C(Nc1ccc(O)cc1F)[C@@H]1CCCN1C(=O)C1CCCC1. The molecule has 1 aromatic carbocycles. The van der Waals surface area contributed by atoms with E-state index in [0.29, 0.717) is 13.0 Å². The molecule has 0 spiro atoms. The predicted molar refractivity (Wildman–Crippen MR) is 83.4 cm³/mol. The molecule has 3 rings (SSSR count). The minimum atomic E-state index is -0.690. The Labute approximate surface area is 134 Å². The smallest absolute Gasteiger partial charge is 0.247 e. The highest BCUT2D eigenvalue weighted by Gasteiger charge is 2.37. The largest absolute Gasteiger partial charge is 0.508 e. The Kier molecular flexibility index (Phi) is 4.50. The minimum Gasteiger partial charge on any atom is -0.508 e. The molecule has 1 heterocycles. The van der Waals surface area contributed by atoms with Crippen LogP contribution in [0.25, 0.3) is 0 Å². The minimum absolute atomic E-state index is 0.0213. The first kappa shape index (κ1) is 15.8. The molecule has 2 N–H and O–H groups in total. The number of nitrogens with one attached hydrogen (secondary N) is 1. The van der Waals surface area contributed by atoms with E-state index in [9.17, 15) is 19.1 Å².